The Morgan fingerprint density at radius 1 is 1.21 bits per heavy atom. The molecule has 4 atom stereocenters. The number of hydrogen-bond donors (Lipinski definition) is 5. The Hall–Kier alpha value is -2.94. The second-order valence-electron chi connectivity index (χ2n) is 7.55. The summed E-state index contributed by atoms with van der Waals surface area (Å²) in [5.74, 6) is -3.45. The summed E-state index contributed by atoms with van der Waals surface area (Å²) < 4.78 is 0. The van der Waals surface area contributed by atoms with E-state index < -0.39 is 47.1 Å². The number of aromatic hydroxyl groups is 1. The van der Waals surface area contributed by atoms with Gasteiger partial charge in [-0.2, -0.15) is 0 Å². The van der Waals surface area contributed by atoms with Crippen LogP contribution in [-0.2, 0) is 25.6 Å². The van der Waals surface area contributed by atoms with Crippen molar-refractivity contribution >= 4 is 23.6 Å². The van der Waals surface area contributed by atoms with Crippen LogP contribution in [0.1, 0.15) is 38.7 Å². The number of carboxylic acids is 1. The van der Waals surface area contributed by atoms with Crippen LogP contribution in [0.3, 0.4) is 0 Å². The van der Waals surface area contributed by atoms with Crippen molar-refractivity contribution in [2.75, 3.05) is 0 Å². The lowest BCUT2D eigenvalue weighted by atomic mass is 9.82. The number of rotatable bonds is 8. The van der Waals surface area contributed by atoms with E-state index in [-0.39, 0.29) is 18.6 Å². The third-order valence-corrected chi connectivity index (χ3v) is 5.30. The summed E-state index contributed by atoms with van der Waals surface area (Å²) in [5, 5.41) is 23.9. The first-order chi connectivity index (χ1) is 13.5. The first kappa shape index (κ1) is 22.4. The molecule has 0 spiro atoms. The maximum absolute atomic E-state index is 12.8. The summed E-state index contributed by atoms with van der Waals surface area (Å²) in [7, 11) is 0. The summed E-state index contributed by atoms with van der Waals surface area (Å²) in [6.07, 6.45) is 1.24. The number of carbonyl (C=O) groups excluding carboxylic acids is 3. The highest BCUT2D eigenvalue weighted by Gasteiger charge is 2.50. The van der Waals surface area contributed by atoms with Crippen LogP contribution >= 0.6 is 0 Å². The Morgan fingerprint density at radius 3 is 2.38 bits per heavy atom. The summed E-state index contributed by atoms with van der Waals surface area (Å²) in [4.78, 5) is 48.5. The Labute approximate surface area is 168 Å². The second-order valence-corrected chi connectivity index (χ2v) is 7.55. The zero-order valence-electron chi connectivity index (χ0n) is 16.5. The summed E-state index contributed by atoms with van der Waals surface area (Å²) in [6.45, 7) is 2.76. The molecule has 1 fully saturated rings. The molecular formula is C20H27N3O6. The van der Waals surface area contributed by atoms with Gasteiger partial charge in [0.2, 0.25) is 11.8 Å². The molecule has 29 heavy (non-hydrogen) atoms. The monoisotopic (exact) mass is 405 g/mol. The standard InChI is InChI=1S/C20H27N3O6/c1-11(17(26)15-4-3-9-20(15,21)19(28)29)22-18(27)16(23-12(2)24)10-13-5-7-14(25)8-6-13/h5-8,11,15-16,25H,3-4,9-10,21H2,1-2H3,(H,22,27)(H,23,24)(H,28,29)/t11-,15?,16-,20?/m0/s1. The molecule has 1 aliphatic rings. The Balaban J connectivity index is 2.09. The van der Waals surface area contributed by atoms with E-state index in [0.29, 0.717) is 18.4 Å². The number of phenols is 1. The predicted molar refractivity (Wildman–Crippen MR) is 104 cm³/mol. The number of carbonyl (C=O) groups is 4. The number of phenolic OH excluding ortho intramolecular Hbond substituents is 1. The molecular weight excluding hydrogens is 378 g/mol. The van der Waals surface area contributed by atoms with Gasteiger partial charge in [-0.25, -0.2) is 0 Å². The average Bonchev–Trinajstić information content (AvgIpc) is 3.05. The molecule has 2 amide bonds. The van der Waals surface area contributed by atoms with E-state index in [1.54, 1.807) is 12.1 Å². The van der Waals surface area contributed by atoms with Gasteiger partial charge in [0, 0.05) is 19.3 Å². The van der Waals surface area contributed by atoms with Crippen molar-refractivity contribution < 1.29 is 29.4 Å². The molecule has 9 nitrogen and oxygen atoms in total. The van der Waals surface area contributed by atoms with E-state index in [2.05, 4.69) is 10.6 Å². The lowest BCUT2D eigenvalue weighted by molar-refractivity contribution is -0.148. The molecule has 0 bridgehead atoms. The third-order valence-electron chi connectivity index (χ3n) is 5.30. The Morgan fingerprint density at radius 2 is 1.83 bits per heavy atom. The molecule has 0 aromatic heterocycles. The normalized spacial score (nSPS) is 23.1. The average molecular weight is 405 g/mol. The molecule has 9 heteroatoms. The van der Waals surface area contributed by atoms with Crippen molar-refractivity contribution in [3.63, 3.8) is 0 Å². The molecule has 1 aliphatic carbocycles. The van der Waals surface area contributed by atoms with Gasteiger partial charge in [0.1, 0.15) is 17.3 Å². The summed E-state index contributed by atoms with van der Waals surface area (Å²) in [6, 6.07) is 4.30. The fourth-order valence-corrected chi connectivity index (χ4v) is 3.69. The molecule has 1 saturated carbocycles. The van der Waals surface area contributed by atoms with Crippen LogP contribution in [0.2, 0.25) is 0 Å². The summed E-state index contributed by atoms with van der Waals surface area (Å²) >= 11 is 0. The van der Waals surface area contributed by atoms with E-state index in [1.807, 2.05) is 0 Å². The topological polar surface area (TPSA) is 159 Å². The van der Waals surface area contributed by atoms with Crippen molar-refractivity contribution in [3.8, 4) is 5.75 Å². The first-order valence-corrected chi connectivity index (χ1v) is 9.46. The Bertz CT molecular complexity index is 794. The molecule has 0 radical (unpaired) electrons. The van der Waals surface area contributed by atoms with E-state index in [4.69, 9.17) is 5.73 Å². The van der Waals surface area contributed by atoms with Crippen LogP contribution < -0.4 is 16.4 Å². The molecule has 0 saturated heterocycles. The molecule has 158 valence electrons. The summed E-state index contributed by atoms with van der Waals surface area (Å²) in [5.41, 5.74) is 5.03. The van der Waals surface area contributed by atoms with E-state index in [0.717, 1.165) is 0 Å². The second kappa shape index (κ2) is 9.04. The van der Waals surface area contributed by atoms with Gasteiger partial charge in [-0.15, -0.1) is 0 Å². The number of aliphatic carboxylic acids is 1. The molecule has 6 N–H and O–H groups in total. The zero-order chi connectivity index (χ0) is 21.8. The number of hydrogen-bond acceptors (Lipinski definition) is 6. The van der Waals surface area contributed by atoms with E-state index >= 15 is 0 Å². The van der Waals surface area contributed by atoms with Crippen LogP contribution in [0.25, 0.3) is 0 Å². The van der Waals surface area contributed by atoms with Gasteiger partial charge in [-0.3, -0.25) is 19.2 Å². The number of nitrogens with two attached hydrogens (primary N) is 1. The maximum Gasteiger partial charge on any atom is 0.324 e. The molecule has 0 heterocycles. The number of ketones is 1. The molecule has 1 aromatic rings. The van der Waals surface area contributed by atoms with Crippen LogP contribution in [0.5, 0.6) is 5.75 Å². The SMILES string of the molecule is CC(=O)N[C@@H](Cc1ccc(O)cc1)C(=O)N[C@@H](C)C(=O)C1CCCC1(N)C(=O)O. The van der Waals surface area contributed by atoms with Crippen LogP contribution in [0.15, 0.2) is 24.3 Å². The van der Waals surface area contributed by atoms with Gasteiger partial charge in [-0.1, -0.05) is 18.6 Å². The minimum absolute atomic E-state index is 0.0776. The lowest BCUT2D eigenvalue weighted by Gasteiger charge is -2.28. The third kappa shape index (κ3) is 5.32. The lowest BCUT2D eigenvalue weighted by Crippen LogP contribution is -2.58. The van der Waals surface area contributed by atoms with Gasteiger partial charge in [0.25, 0.3) is 0 Å². The van der Waals surface area contributed by atoms with Gasteiger partial charge in [0.15, 0.2) is 5.78 Å². The van der Waals surface area contributed by atoms with Crippen LogP contribution in [-0.4, -0.2) is 51.4 Å². The largest absolute Gasteiger partial charge is 0.508 e. The molecule has 0 aliphatic heterocycles. The number of Topliss-reactive ketones (excluding diaryl/α,β-unsaturated/α-hetero) is 1. The molecule has 2 rings (SSSR count). The van der Waals surface area contributed by atoms with Gasteiger partial charge in [0.05, 0.1) is 6.04 Å². The van der Waals surface area contributed by atoms with Crippen molar-refractivity contribution in [1.29, 1.82) is 0 Å². The van der Waals surface area contributed by atoms with Crippen LogP contribution in [0.4, 0.5) is 0 Å². The van der Waals surface area contributed by atoms with Crippen LogP contribution in [0, 0.1) is 5.92 Å². The zero-order valence-corrected chi connectivity index (χ0v) is 16.5. The smallest absolute Gasteiger partial charge is 0.324 e. The quantitative estimate of drug-likeness (QED) is 0.410. The van der Waals surface area contributed by atoms with Crippen molar-refractivity contribution in [2.24, 2.45) is 11.7 Å². The molecule has 1 aromatic carbocycles. The predicted octanol–water partition coefficient (Wildman–Crippen LogP) is 0.0954. The highest BCUT2D eigenvalue weighted by Crippen LogP contribution is 2.35. The molecule has 2 unspecified atom stereocenters. The van der Waals surface area contributed by atoms with E-state index in [1.165, 1.54) is 26.0 Å². The highest BCUT2D eigenvalue weighted by molar-refractivity contribution is 5.97. The first-order valence-electron chi connectivity index (χ1n) is 9.46. The van der Waals surface area contributed by atoms with Crippen molar-refractivity contribution in [3.05, 3.63) is 29.8 Å². The number of carboxylic acid groups (broad SMARTS) is 1. The number of amides is 2. The Kier molecular flexibility index (Phi) is 6.97. The van der Waals surface area contributed by atoms with E-state index in [9.17, 15) is 29.4 Å². The van der Waals surface area contributed by atoms with Gasteiger partial charge < -0.3 is 26.6 Å². The fourth-order valence-electron chi connectivity index (χ4n) is 3.69. The number of nitrogens with one attached hydrogen (secondary N) is 2. The van der Waals surface area contributed by atoms with Gasteiger partial charge in [-0.05, 0) is 37.5 Å². The van der Waals surface area contributed by atoms with Crippen molar-refractivity contribution in [1.82, 2.24) is 10.6 Å². The minimum atomic E-state index is -1.63. The fraction of sp³-hybridized carbons (Fsp3) is 0.500. The van der Waals surface area contributed by atoms with Gasteiger partial charge >= 0.3 is 5.97 Å². The highest BCUT2D eigenvalue weighted by atomic mass is 16.4. The maximum atomic E-state index is 12.8. The number of benzene rings is 1. The minimum Gasteiger partial charge on any atom is -0.508 e. The van der Waals surface area contributed by atoms with Crippen molar-refractivity contribution in [2.45, 2.75) is 57.2 Å².